The van der Waals surface area contributed by atoms with Crippen LogP contribution in [0.25, 0.3) is 55.8 Å². The topological polar surface area (TPSA) is 83.1 Å². The fourth-order valence-corrected chi connectivity index (χ4v) is 4.24. The van der Waals surface area contributed by atoms with Gasteiger partial charge in [-0.2, -0.15) is 16.4 Å². The summed E-state index contributed by atoms with van der Waals surface area (Å²) >= 11 is 1.67. The van der Waals surface area contributed by atoms with Crippen molar-refractivity contribution in [1.82, 2.24) is 30.1 Å². The summed E-state index contributed by atoms with van der Waals surface area (Å²) in [5.41, 5.74) is 7.73. The van der Waals surface area contributed by atoms with Crippen LogP contribution in [0.2, 0.25) is 0 Å². The van der Waals surface area contributed by atoms with Crippen molar-refractivity contribution in [1.29, 1.82) is 0 Å². The number of aromatic amines is 2. The van der Waals surface area contributed by atoms with Crippen molar-refractivity contribution in [2.45, 2.75) is 0 Å². The molecule has 6 rings (SSSR count). The third-order valence-corrected chi connectivity index (χ3v) is 5.69. The average Bonchev–Trinajstić information content (AvgIpc) is 3.52. The van der Waals surface area contributed by atoms with E-state index >= 15 is 0 Å². The van der Waals surface area contributed by atoms with Gasteiger partial charge in [-0.25, -0.2) is 9.97 Å². The van der Waals surface area contributed by atoms with Crippen molar-refractivity contribution in [2.75, 3.05) is 0 Å². The van der Waals surface area contributed by atoms with E-state index in [0.717, 1.165) is 44.4 Å². The number of hydrogen-bond donors (Lipinski definition) is 2. The first-order chi connectivity index (χ1) is 14.4. The van der Waals surface area contributed by atoms with Gasteiger partial charge in [0.1, 0.15) is 5.69 Å². The van der Waals surface area contributed by atoms with E-state index in [0.29, 0.717) is 11.5 Å². The molecule has 138 valence electrons. The molecule has 0 spiro atoms. The van der Waals surface area contributed by atoms with Gasteiger partial charge in [0.05, 0.1) is 11.0 Å². The molecule has 0 aliphatic rings. The second-order valence-corrected chi connectivity index (χ2v) is 7.51. The number of fused-ring (bicyclic) bond motifs is 2. The van der Waals surface area contributed by atoms with Gasteiger partial charge >= 0.3 is 0 Å². The summed E-state index contributed by atoms with van der Waals surface area (Å²) in [7, 11) is 0. The molecule has 0 radical (unpaired) electrons. The van der Waals surface area contributed by atoms with E-state index in [9.17, 15) is 0 Å². The smallest absolute Gasteiger partial charge is 0.178 e. The molecule has 0 fully saturated rings. The molecule has 0 aliphatic heterocycles. The van der Waals surface area contributed by atoms with Crippen LogP contribution in [0, 0.1) is 0 Å². The number of benzene rings is 1. The van der Waals surface area contributed by atoms with E-state index in [2.05, 4.69) is 54.1 Å². The lowest BCUT2D eigenvalue weighted by atomic mass is 10.0. The fraction of sp³-hybridized carbons (Fsp3) is 0. The van der Waals surface area contributed by atoms with Crippen LogP contribution in [0.1, 0.15) is 0 Å². The van der Waals surface area contributed by atoms with E-state index in [1.54, 1.807) is 23.7 Å². The summed E-state index contributed by atoms with van der Waals surface area (Å²) in [5.74, 6) is 0.699. The van der Waals surface area contributed by atoms with Crippen LogP contribution < -0.4 is 0 Å². The minimum atomic E-state index is 0.684. The lowest BCUT2D eigenvalue weighted by molar-refractivity contribution is 1.10. The molecule has 5 heterocycles. The van der Waals surface area contributed by atoms with Crippen LogP contribution in [-0.4, -0.2) is 30.1 Å². The maximum atomic E-state index is 4.72. The van der Waals surface area contributed by atoms with Crippen LogP contribution in [0.3, 0.4) is 0 Å². The number of hydrogen-bond acceptors (Lipinski definition) is 5. The van der Waals surface area contributed by atoms with Crippen molar-refractivity contribution < 1.29 is 0 Å². The third-order valence-electron chi connectivity index (χ3n) is 5.01. The zero-order chi connectivity index (χ0) is 19.2. The zero-order valence-corrected chi connectivity index (χ0v) is 15.9. The standard InChI is InChI=1S/C22H14N6S/c1-2-14(11-23-7-1)13-3-4-18-17(10-13)20(28-27-18)22-25-19-16(15-6-9-29-12-15)5-8-24-21(19)26-22/h1-12H,(H,27,28)(H,24,25,26). The Balaban J connectivity index is 1.53. The largest absolute Gasteiger partial charge is 0.335 e. The molecule has 0 saturated heterocycles. The van der Waals surface area contributed by atoms with Crippen LogP contribution in [0.5, 0.6) is 0 Å². The monoisotopic (exact) mass is 394 g/mol. The Labute approximate surface area is 169 Å². The fourth-order valence-electron chi connectivity index (χ4n) is 3.59. The van der Waals surface area contributed by atoms with E-state index in [-0.39, 0.29) is 0 Å². The molecular formula is C22H14N6S. The number of aromatic nitrogens is 6. The maximum Gasteiger partial charge on any atom is 0.178 e. The first-order valence-corrected chi connectivity index (χ1v) is 10.1. The molecule has 6 aromatic rings. The first-order valence-electron chi connectivity index (χ1n) is 9.13. The predicted molar refractivity (Wildman–Crippen MR) is 116 cm³/mol. The summed E-state index contributed by atoms with van der Waals surface area (Å²) < 4.78 is 0. The van der Waals surface area contributed by atoms with Crippen molar-refractivity contribution >= 4 is 33.4 Å². The SMILES string of the molecule is c1cncc(-c2ccc3[nH]nc(-c4nc5nccc(-c6ccsc6)c5[nH]4)c3c2)c1. The molecule has 6 nitrogen and oxygen atoms in total. The summed E-state index contributed by atoms with van der Waals surface area (Å²) in [5, 5.41) is 12.8. The van der Waals surface area contributed by atoms with Gasteiger partial charge in [-0.05, 0) is 52.2 Å². The number of nitrogens with zero attached hydrogens (tertiary/aromatic N) is 4. The van der Waals surface area contributed by atoms with Gasteiger partial charge in [-0.15, -0.1) is 0 Å². The highest BCUT2D eigenvalue weighted by atomic mass is 32.1. The highest BCUT2D eigenvalue weighted by molar-refractivity contribution is 7.08. The molecule has 1 aromatic carbocycles. The Kier molecular flexibility index (Phi) is 3.54. The molecule has 2 N–H and O–H groups in total. The molecule has 0 bridgehead atoms. The normalized spacial score (nSPS) is 11.4. The number of thiophene rings is 1. The molecule has 0 aliphatic carbocycles. The second-order valence-electron chi connectivity index (χ2n) is 6.73. The Morgan fingerprint density at radius 2 is 1.93 bits per heavy atom. The Hall–Kier alpha value is -3.84. The summed E-state index contributed by atoms with van der Waals surface area (Å²) in [6.07, 6.45) is 5.43. The molecule has 0 atom stereocenters. The average molecular weight is 394 g/mol. The number of imidazole rings is 1. The predicted octanol–water partition coefficient (Wildman–Crippen LogP) is 5.29. The molecule has 0 amide bonds. The molecule has 0 saturated carbocycles. The van der Waals surface area contributed by atoms with Gasteiger partial charge in [0.25, 0.3) is 0 Å². The second kappa shape index (κ2) is 6.35. The van der Waals surface area contributed by atoms with Crippen LogP contribution in [-0.2, 0) is 0 Å². The number of nitrogens with one attached hydrogen (secondary N) is 2. The van der Waals surface area contributed by atoms with Crippen molar-refractivity contribution in [3.05, 3.63) is 71.8 Å². The number of pyridine rings is 2. The molecular weight excluding hydrogens is 380 g/mol. The maximum absolute atomic E-state index is 4.72. The Morgan fingerprint density at radius 3 is 2.79 bits per heavy atom. The summed E-state index contributed by atoms with van der Waals surface area (Å²) in [6, 6.07) is 14.3. The van der Waals surface area contributed by atoms with Crippen LogP contribution in [0.4, 0.5) is 0 Å². The van der Waals surface area contributed by atoms with E-state index in [1.165, 1.54) is 0 Å². The number of H-pyrrole nitrogens is 2. The minimum Gasteiger partial charge on any atom is -0.335 e. The van der Waals surface area contributed by atoms with Gasteiger partial charge < -0.3 is 4.98 Å². The highest BCUT2D eigenvalue weighted by Gasteiger charge is 2.16. The summed E-state index contributed by atoms with van der Waals surface area (Å²) in [6.45, 7) is 0. The quantitative estimate of drug-likeness (QED) is 0.427. The molecule has 0 unspecified atom stereocenters. The van der Waals surface area contributed by atoms with Crippen LogP contribution >= 0.6 is 11.3 Å². The summed E-state index contributed by atoms with van der Waals surface area (Å²) in [4.78, 5) is 16.8. The van der Waals surface area contributed by atoms with Gasteiger partial charge in [0, 0.05) is 35.1 Å². The first kappa shape index (κ1) is 16.1. The molecule has 29 heavy (non-hydrogen) atoms. The minimum absolute atomic E-state index is 0.684. The van der Waals surface area contributed by atoms with Gasteiger partial charge in [-0.1, -0.05) is 12.1 Å². The zero-order valence-electron chi connectivity index (χ0n) is 15.1. The highest BCUT2D eigenvalue weighted by Crippen LogP contribution is 2.32. The van der Waals surface area contributed by atoms with Crippen molar-refractivity contribution in [3.8, 4) is 33.8 Å². The van der Waals surface area contributed by atoms with E-state index in [4.69, 9.17) is 4.98 Å². The lowest BCUT2D eigenvalue weighted by Crippen LogP contribution is -1.83. The van der Waals surface area contributed by atoms with Gasteiger partial charge in [0.15, 0.2) is 11.5 Å². The molecule has 5 aromatic heterocycles. The lowest BCUT2D eigenvalue weighted by Gasteiger charge is -2.01. The van der Waals surface area contributed by atoms with Gasteiger partial charge in [0.2, 0.25) is 0 Å². The van der Waals surface area contributed by atoms with Crippen molar-refractivity contribution in [2.24, 2.45) is 0 Å². The van der Waals surface area contributed by atoms with Crippen LogP contribution in [0.15, 0.2) is 71.8 Å². The third kappa shape index (κ3) is 2.63. The van der Waals surface area contributed by atoms with Crippen molar-refractivity contribution in [3.63, 3.8) is 0 Å². The Morgan fingerprint density at radius 1 is 0.931 bits per heavy atom. The van der Waals surface area contributed by atoms with Gasteiger partial charge in [-0.3, -0.25) is 10.1 Å². The van der Waals surface area contributed by atoms with E-state index in [1.807, 2.05) is 30.5 Å². The van der Waals surface area contributed by atoms with E-state index < -0.39 is 0 Å². The number of rotatable bonds is 3. The molecule has 7 heteroatoms. The Bertz CT molecular complexity index is 1450.